The Morgan fingerprint density at radius 3 is 2.40 bits per heavy atom. The lowest BCUT2D eigenvalue weighted by atomic mass is 10.0. The van der Waals surface area contributed by atoms with Gasteiger partial charge in [-0.2, -0.15) is 0 Å². The number of rotatable bonds is 3. The molecule has 1 aromatic carbocycles. The molecule has 0 fully saturated rings. The Bertz CT molecular complexity index is 383. The summed E-state index contributed by atoms with van der Waals surface area (Å²) in [5.41, 5.74) is 3.40. The first-order valence-electron chi connectivity index (χ1n) is 5.11. The predicted molar refractivity (Wildman–Crippen MR) is 67.5 cm³/mol. The summed E-state index contributed by atoms with van der Waals surface area (Å²) in [6, 6.07) is 10.2. The molecule has 0 amide bonds. The van der Waals surface area contributed by atoms with Crippen molar-refractivity contribution in [2.24, 2.45) is 4.99 Å². The molecule has 78 valence electrons. The minimum absolute atomic E-state index is 1.05. The average molecular weight is 199 g/mol. The molecule has 0 saturated carbocycles. The van der Waals surface area contributed by atoms with E-state index in [2.05, 4.69) is 30.1 Å². The number of hydrogen-bond acceptors (Lipinski definition) is 1. The number of nitrogens with zero attached hydrogens (tertiary/aromatic N) is 1. The van der Waals surface area contributed by atoms with Crippen LogP contribution in [0.5, 0.6) is 0 Å². The van der Waals surface area contributed by atoms with Crippen molar-refractivity contribution < 1.29 is 0 Å². The van der Waals surface area contributed by atoms with Crippen LogP contribution in [0.2, 0.25) is 0 Å². The van der Waals surface area contributed by atoms with Crippen LogP contribution < -0.4 is 0 Å². The lowest BCUT2D eigenvalue weighted by Crippen LogP contribution is -2.01. The molecule has 0 unspecified atom stereocenters. The molecular formula is C14H17N. The molecule has 0 aromatic heterocycles. The van der Waals surface area contributed by atoms with Gasteiger partial charge in [-0.3, -0.25) is 4.99 Å². The van der Waals surface area contributed by atoms with Gasteiger partial charge in [0.25, 0.3) is 0 Å². The summed E-state index contributed by atoms with van der Waals surface area (Å²) in [6.07, 6.45) is 6.13. The molecule has 0 atom stereocenters. The minimum atomic E-state index is 1.05. The van der Waals surface area contributed by atoms with E-state index in [1.807, 2.05) is 44.3 Å². The standard InChI is InChI=1S/C14H17N/c1-4-5-9-12(2)14(15-3)13-10-7-6-8-11-13/h4-11H,1-3H3/b5-4-,12-9-,15-14-. The Morgan fingerprint density at radius 1 is 1.20 bits per heavy atom. The van der Waals surface area contributed by atoms with Crippen molar-refractivity contribution in [1.82, 2.24) is 0 Å². The summed E-state index contributed by atoms with van der Waals surface area (Å²) in [4.78, 5) is 4.33. The number of allylic oxidation sites excluding steroid dienone is 4. The molecule has 0 spiro atoms. The maximum Gasteiger partial charge on any atom is 0.0672 e. The van der Waals surface area contributed by atoms with Crippen molar-refractivity contribution in [2.75, 3.05) is 7.05 Å². The lowest BCUT2D eigenvalue weighted by molar-refractivity contribution is 1.39. The smallest absolute Gasteiger partial charge is 0.0672 e. The molecular weight excluding hydrogens is 182 g/mol. The molecule has 0 aliphatic carbocycles. The molecule has 0 radical (unpaired) electrons. The second-order valence-corrected chi connectivity index (χ2v) is 3.31. The van der Waals surface area contributed by atoms with E-state index in [1.54, 1.807) is 0 Å². The first-order valence-corrected chi connectivity index (χ1v) is 5.11. The zero-order valence-electron chi connectivity index (χ0n) is 9.57. The van der Waals surface area contributed by atoms with Gasteiger partial charge in [0, 0.05) is 7.05 Å². The van der Waals surface area contributed by atoms with Crippen LogP contribution in [-0.4, -0.2) is 12.8 Å². The van der Waals surface area contributed by atoms with Crippen molar-refractivity contribution >= 4 is 5.71 Å². The van der Waals surface area contributed by atoms with Gasteiger partial charge in [-0.25, -0.2) is 0 Å². The van der Waals surface area contributed by atoms with E-state index in [0.29, 0.717) is 0 Å². The normalized spacial score (nSPS) is 13.5. The molecule has 1 nitrogen and oxygen atoms in total. The van der Waals surface area contributed by atoms with Crippen molar-refractivity contribution in [3.63, 3.8) is 0 Å². The third kappa shape index (κ3) is 3.21. The van der Waals surface area contributed by atoms with Crippen molar-refractivity contribution in [3.05, 3.63) is 59.7 Å². The van der Waals surface area contributed by atoms with Gasteiger partial charge in [-0.1, -0.05) is 48.6 Å². The van der Waals surface area contributed by atoms with E-state index in [9.17, 15) is 0 Å². The minimum Gasteiger partial charge on any atom is -0.288 e. The highest BCUT2D eigenvalue weighted by Gasteiger charge is 2.02. The molecule has 0 bridgehead atoms. The number of hydrogen-bond donors (Lipinski definition) is 0. The van der Waals surface area contributed by atoms with E-state index < -0.39 is 0 Å². The topological polar surface area (TPSA) is 12.4 Å². The van der Waals surface area contributed by atoms with Crippen LogP contribution in [0.3, 0.4) is 0 Å². The van der Waals surface area contributed by atoms with Crippen LogP contribution in [0.15, 0.2) is 59.1 Å². The molecule has 0 N–H and O–H groups in total. The fraction of sp³-hybridized carbons (Fsp3) is 0.214. The Labute approximate surface area is 91.9 Å². The van der Waals surface area contributed by atoms with Crippen LogP contribution in [0.25, 0.3) is 0 Å². The third-order valence-corrected chi connectivity index (χ3v) is 2.18. The lowest BCUT2D eigenvalue weighted by Gasteiger charge is -2.05. The van der Waals surface area contributed by atoms with E-state index >= 15 is 0 Å². The first kappa shape index (κ1) is 11.4. The predicted octanol–water partition coefficient (Wildman–Crippen LogP) is 3.63. The summed E-state index contributed by atoms with van der Waals surface area (Å²) >= 11 is 0. The molecule has 0 aliphatic rings. The Morgan fingerprint density at radius 2 is 1.87 bits per heavy atom. The molecule has 1 aromatic rings. The largest absolute Gasteiger partial charge is 0.288 e. The Hall–Kier alpha value is -1.63. The number of aliphatic imine (C=N–C) groups is 1. The molecule has 0 heterocycles. The van der Waals surface area contributed by atoms with Crippen LogP contribution in [-0.2, 0) is 0 Å². The summed E-state index contributed by atoms with van der Waals surface area (Å²) in [7, 11) is 1.83. The fourth-order valence-electron chi connectivity index (χ4n) is 1.45. The summed E-state index contributed by atoms with van der Waals surface area (Å²) < 4.78 is 0. The highest BCUT2D eigenvalue weighted by Crippen LogP contribution is 2.09. The molecule has 15 heavy (non-hydrogen) atoms. The summed E-state index contributed by atoms with van der Waals surface area (Å²) in [5, 5.41) is 0. The van der Waals surface area contributed by atoms with Crippen LogP contribution in [0.4, 0.5) is 0 Å². The fourth-order valence-corrected chi connectivity index (χ4v) is 1.45. The monoisotopic (exact) mass is 199 g/mol. The maximum absolute atomic E-state index is 4.33. The van der Waals surface area contributed by atoms with Crippen LogP contribution in [0.1, 0.15) is 19.4 Å². The van der Waals surface area contributed by atoms with Crippen molar-refractivity contribution in [3.8, 4) is 0 Å². The Balaban J connectivity index is 3.01. The van der Waals surface area contributed by atoms with Gasteiger partial charge in [0.05, 0.1) is 5.71 Å². The molecule has 0 aliphatic heterocycles. The first-order chi connectivity index (χ1) is 7.29. The van der Waals surface area contributed by atoms with E-state index in [4.69, 9.17) is 0 Å². The second kappa shape index (κ2) is 5.97. The molecule has 1 rings (SSSR count). The number of benzene rings is 1. The molecule has 0 saturated heterocycles. The van der Waals surface area contributed by atoms with Gasteiger partial charge in [-0.15, -0.1) is 0 Å². The maximum atomic E-state index is 4.33. The van der Waals surface area contributed by atoms with Gasteiger partial charge < -0.3 is 0 Å². The van der Waals surface area contributed by atoms with E-state index in [0.717, 1.165) is 5.71 Å². The zero-order valence-corrected chi connectivity index (χ0v) is 9.57. The van der Waals surface area contributed by atoms with Crippen LogP contribution in [0, 0.1) is 0 Å². The van der Waals surface area contributed by atoms with E-state index in [-0.39, 0.29) is 0 Å². The molecule has 1 heteroatoms. The van der Waals surface area contributed by atoms with Crippen molar-refractivity contribution in [2.45, 2.75) is 13.8 Å². The van der Waals surface area contributed by atoms with Gasteiger partial charge >= 0.3 is 0 Å². The second-order valence-electron chi connectivity index (χ2n) is 3.31. The zero-order chi connectivity index (χ0) is 11.1. The van der Waals surface area contributed by atoms with Crippen LogP contribution >= 0.6 is 0 Å². The Kier molecular flexibility index (Phi) is 4.55. The highest BCUT2D eigenvalue weighted by molar-refractivity contribution is 6.12. The van der Waals surface area contributed by atoms with Gasteiger partial charge in [0.15, 0.2) is 0 Å². The van der Waals surface area contributed by atoms with E-state index in [1.165, 1.54) is 11.1 Å². The average Bonchev–Trinajstić information content (AvgIpc) is 2.29. The van der Waals surface area contributed by atoms with Gasteiger partial charge in [-0.05, 0) is 25.0 Å². The summed E-state index contributed by atoms with van der Waals surface area (Å²) in [6.45, 7) is 4.09. The summed E-state index contributed by atoms with van der Waals surface area (Å²) in [5.74, 6) is 0. The third-order valence-electron chi connectivity index (χ3n) is 2.18. The quantitative estimate of drug-likeness (QED) is 0.520. The van der Waals surface area contributed by atoms with Crippen molar-refractivity contribution in [1.29, 1.82) is 0 Å². The SMILES string of the molecule is C\C=C/C=C(C)\C(=N\C)c1ccccc1. The van der Waals surface area contributed by atoms with Gasteiger partial charge in [0.2, 0.25) is 0 Å². The highest BCUT2D eigenvalue weighted by atomic mass is 14.7. The van der Waals surface area contributed by atoms with Gasteiger partial charge in [0.1, 0.15) is 0 Å².